The van der Waals surface area contributed by atoms with E-state index in [0.717, 1.165) is 70.6 Å². The predicted molar refractivity (Wildman–Crippen MR) is 101 cm³/mol. The first-order valence-electron chi connectivity index (χ1n) is 9.99. The van der Waals surface area contributed by atoms with Crippen LogP contribution in [-0.4, -0.2) is 55.9 Å². The van der Waals surface area contributed by atoms with E-state index in [4.69, 9.17) is 9.47 Å². The maximum atomic E-state index is 11.9. The molecule has 0 radical (unpaired) electrons. The van der Waals surface area contributed by atoms with E-state index in [9.17, 15) is 4.79 Å². The third-order valence-electron chi connectivity index (χ3n) is 6.30. The largest absolute Gasteiger partial charge is 0.378 e. The molecule has 5 heteroatoms. The molecule has 1 amide bonds. The van der Waals surface area contributed by atoms with Crippen LogP contribution in [0.1, 0.15) is 44.1 Å². The lowest BCUT2D eigenvalue weighted by atomic mass is 9.82. The van der Waals surface area contributed by atoms with E-state index in [1.165, 1.54) is 5.56 Å². The molecule has 1 spiro atoms. The average Bonchev–Trinajstić information content (AvgIpc) is 3.11. The summed E-state index contributed by atoms with van der Waals surface area (Å²) >= 11 is 0. The Morgan fingerprint density at radius 1 is 1.15 bits per heavy atom. The van der Waals surface area contributed by atoms with Gasteiger partial charge in [0, 0.05) is 52.0 Å². The minimum atomic E-state index is -0.0660. The topological polar surface area (TPSA) is 42.0 Å². The predicted octanol–water partition coefficient (Wildman–Crippen LogP) is 2.97. The number of nitrogens with zero attached hydrogens (tertiary/aromatic N) is 2. The highest BCUT2D eigenvalue weighted by atomic mass is 16.5. The molecular weight excluding hydrogens is 328 g/mol. The molecule has 3 aliphatic rings. The Hall–Kier alpha value is -1.43. The van der Waals surface area contributed by atoms with Gasteiger partial charge in [-0.1, -0.05) is 12.1 Å². The molecule has 0 unspecified atom stereocenters. The van der Waals surface area contributed by atoms with Crippen LogP contribution in [0.3, 0.4) is 0 Å². The van der Waals surface area contributed by atoms with Gasteiger partial charge in [0.05, 0.1) is 11.7 Å². The number of benzene rings is 1. The summed E-state index contributed by atoms with van der Waals surface area (Å²) in [6.45, 7) is 4.78. The Morgan fingerprint density at radius 3 is 2.58 bits per heavy atom. The maximum absolute atomic E-state index is 11.9. The van der Waals surface area contributed by atoms with Gasteiger partial charge in [-0.25, -0.2) is 0 Å². The van der Waals surface area contributed by atoms with Crippen LogP contribution in [0.2, 0.25) is 0 Å². The van der Waals surface area contributed by atoms with Crippen molar-refractivity contribution in [2.45, 2.75) is 56.8 Å². The fourth-order valence-corrected chi connectivity index (χ4v) is 4.75. The summed E-state index contributed by atoms with van der Waals surface area (Å²) in [6.07, 6.45) is 6.22. The zero-order valence-corrected chi connectivity index (χ0v) is 15.8. The zero-order chi connectivity index (χ0) is 18.0. The van der Waals surface area contributed by atoms with Gasteiger partial charge in [-0.15, -0.1) is 0 Å². The van der Waals surface area contributed by atoms with Gasteiger partial charge in [-0.05, 0) is 49.8 Å². The van der Waals surface area contributed by atoms with Gasteiger partial charge in [-0.2, -0.15) is 0 Å². The Morgan fingerprint density at radius 2 is 1.92 bits per heavy atom. The molecule has 0 aliphatic carbocycles. The number of anilines is 1. The van der Waals surface area contributed by atoms with Crippen molar-refractivity contribution < 1.29 is 14.3 Å². The monoisotopic (exact) mass is 358 g/mol. The van der Waals surface area contributed by atoms with Gasteiger partial charge in [0.15, 0.2) is 0 Å². The number of carbonyl (C=O) groups excluding carboxylic acids is 1. The molecule has 1 aromatic rings. The summed E-state index contributed by atoms with van der Waals surface area (Å²) < 4.78 is 11.9. The van der Waals surface area contributed by atoms with E-state index in [0.29, 0.717) is 6.42 Å². The number of hydrogen-bond acceptors (Lipinski definition) is 4. The third kappa shape index (κ3) is 3.53. The first kappa shape index (κ1) is 18.0. The van der Waals surface area contributed by atoms with Crippen molar-refractivity contribution in [3.05, 3.63) is 29.8 Å². The molecule has 142 valence electrons. The SMILES string of the molecule is CO[C@H]1CCCOC12CCN(Cc1ccc(N3CCCC3=O)cc1)CC2. The highest BCUT2D eigenvalue weighted by Crippen LogP contribution is 2.37. The van der Waals surface area contributed by atoms with Crippen molar-refractivity contribution in [1.82, 2.24) is 4.90 Å². The van der Waals surface area contributed by atoms with E-state index in [-0.39, 0.29) is 17.6 Å². The molecule has 5 nitrogen and oxygen atoms in total. The molecule has 3 aliphatic heterocycles. The van der Waals surface area contributed by atoms with Crippen LogP contribution in [0, 0.1) is 0 Å². The first-order chi connectivity index (χ1) is 12.7. The molecule has 0 bridgehead atoms. The Balaban J connectivity index is 1.33. The number of ether oxygens (including phenoxy) is 2. The molecule has 3 saturated heterocycles. The number of likely N-dealkylation sites (tertiary alicyclic amines) is 1. The van der Waals surface area contributed by atoms with Crippen LogP contribution in [0.5, 0.6) is 0 Å². The van der Waals surface area contributed by atoms with Crippen LogP contribution >= 0.6 is 0 Å². The average molecular weight is 358 g/mol. The Kier molecular flexibility index (Phi) is 5.30. The number of hydrogen-bond donors (Lipinski definition) is 0. The van der Waals surface area contributed by atoms with E-state index >= 15 is 0 Å². The molecule has 3 fully saturated rings. The lowest BCUT2D eigenvalue weighted by molar-refractivity contribution is -0.186. The maximum Gasteiger partial charge on any atom is 0.227 e. The second kappa shape index (κ2) is 7.67. The van der Waals surface area contributed by atoms with Gasteiger partial charge < -0.3 is 14.4 Å². The Bertz CT molecular complexity index is 623. The molecule has 0 N–H and O–H groups in total. The van der Waals surface area contributed by atoms with E-state index in [1.54, 1.807) is 0 Å². The Labute approximate surface area is 156 Å². The molecule has 1 atom stereocenters. The van der Waals surface area contributed by atoms with Crippen molar-refractivity contribution in [3.8, 4) is 0 Å². The standard InChI is InChI=1S/C21H30N2O3/c1-25-19-4-3-15-26-21(19)10-13-22(14-11-21)16-17-6-8-18(9-7-17)23-12-2-5-20(23)24/h6-9,19H,2-5,10-16H2,1H3/t19-/m0/s1. The van der Waals surface area contributed by atoms with Crippen LogP contribution in [0.15, 0.2) is 24.3 Å². The van der Waals surface area contributed by atoms with Gasteiger partial charge >= 0.3 is 0 Å². The van der Waals surface area contributed by atoms with Crippen LogP contribution in [-0.2, 0) is 20.8 Å². The molecule has 4 rings (SSSR count). The lowest BCUT2D eigenvalue weighted by Crippen LogP contribution is -2.55. The molecule has 0 saturated carbocycles. The summed E-state index contributed by atoms with van der Waals surface area (Å²) in [6, 6.07) is 8.52. The second-order valence-electron chi connectivity index (χ2n) is 7.87. The van der Waals surface area contributed by atoms with E-state index < -0.39 is 0 Å². The summed E-state index contributed by atoms with van der Waals surface area (Å²) in [5, 5.41) is 0. The number of rotatable bonds is 4. The number of amides is 1. The summed E-state index contributed by atoms with van der Waals surface area (Å²) in [5.74, 6) is 0.249. The van der Waals surface area contributed by atoms with Gasteiger partial charge in [0.2, 0.25) is 5.91 Å². The fraction of sp³-hybridized carbons (Fsp3) is 0.667. The first-order valence-corrected chi connectivity index (χ1v) is 9.99. The van der Waals surface area contributed by atoms with E-state index in [2.05, 4.69) is 29.2 Å². The molecule has 0 aromatic heterocycles. The molecule has 26 heavy (non-hydrogen) atoms. The van der Waals surface area contributed by atoms with Gasteiger partial charge in [0.1, 0.15) is 0 Å². The molecule has 3 heterocycles. The van der Waals surface area contributed by atoms with Crippen LogP contribution in [0.25, 0.3) is 0 Å². The number of methoxy groups -OCH3 is 1. The highest BCUT2D eigenvalue weighted by molar-refractivity contribution is 5.95. The minimum absolute atomic E-state index is 0.0660. The molecule has 1 aromatic carbocycles. The number of carbonyl (C=O) groups is 1. The second-order valence-corrected chi connectivity index (χ2v) is 7.87. The van der Waals surface area contributed by atoms with Crippen molar-refractivity contribution >= 4 is 11.6 Å². The van der Waals surface area contributed by atoms with Crippen molar-refractivity contribution in [2.75, 3.05) is 38.3 Å². The normalized spacial score (nSPS) is 26.6. The number of piperidine rings is 1. The minimum Gasteiger partial charge on any atom is -0.378 e. The summed E-state index contributed by atoms with van der Waals surface area (Å²) in [4.78, 5) is 16.3. The van der Waals surface area contributed by atoms with Crippen molar-refractivity contribution in [1.29, 1.82) is 0 Å². The third-order valence-corrected chi connectivity index (χ3v) is 6.30. The van der Waals surface area contributed by atoms with E-state index in [1.807, 2.05) is 12.0 Å². The van der Waals surface area contributed by atoms with Gasteiger partial charge in [0.25, 0.3) is 0 Å². The van der Waals surface area contributed by atoms with Crippen LogP contribution < -0.4 is 4.90 Å². The summed E-state index contributed by atoms with van der Waals surface area (Å²) in [7, 11) is 1.82. The molecular formula is C21H30N2O3. The quantitative estimate of drug-likeness (QED) is 0.830. The fourth-order valence-electron chi connectivity index (χ4n) is 4.75. The summed E-state index contributed by atoms with van der Waals surface area (Å²) in [5.41, 5.74) is 2.28. The van der Waals surface area contributed by atoms with Crippen LogP contribution in [0.4, 0.5) is 5.69 Å². The highest BCUT2D eigenvalue weighted by Gasteiger charge is 2.44. The van der Waals surface area contributed by atoms with Crippen molar-refractivity contribution in [3.63, 3.8) is 0 Å². The van der Waals surface area contributed by atoms with Crippen molar-refractivity contribution in [2.24, 2.45) is 0 Å². The lowest BCUT2D eigenvalue weighted by Gasteiger charge is -2.48. The van der Waals surface area contributed by atoms with Gasteiger partial charge in [-0.3, -0.25) is 9.69 Å². The smallest absolute Gasteiger partial charge is 0.227 e. The zero-order valence-electron chi connectivity index (χ0n) is 15.8.